The summed E-state index contributed by atoms with van der Waals surface area (Å²) in [5, 5.41) is 10.3. The van der Waals surface area contributed by atoms with Crippen LogP contribution in [0.2, 0.25) is 0 Å². The summed E-state index contributed by atoms with van der Waals surface area (Å²) in [4.78, 5) is 20.1. The van der Waals surface area contributed by atoms with Crippen LogP contribution in [0, 0.1) is 16.0 Å². The third kappa shape index (κ3) is 1.52. The number of nitro groups is 1. The second-order valence-electron chi connectivity index (χ2n) is 2.26. The van der Waals surface area contributed by atoms with Gasteiger partial charge in [0.25, 0.3) is 5.70 Å². The molecule has 0 spiro atoms. The maximum Gasteiger partial charge on any atom is 0.256 e. The lowest BCUT2D eigenvalue weighted by Crippen LogP contribution is -2.14. The number of hydrogen-bond acceptors (Lipinski definition) is 3. The Bertz CT molecular complexity index is 242. The van der Waals surface area contributed by atoms with Gasteiger partial charge in [-0.1, -0.05) is 12.2 Å². The molecular formula is C7H7NO3. The molecular weight excluding hydrogens is 146 g/mol. The van der Waals surface area contributed by atoms with Gasteiger partial charge in [0.15, 0.2) is 0 Å². The zero-order valence-electron chi connectivity index (χ0n) is 5.77. The second kappa shape index (κ2) is 3.09. The highest BCUT2D eigenvalue weighted by Crippen LogP contribution is 2.18. The minimum absolute atomic E-state index is 0.0116. The van der Waals surface area contributed by atoms with Gasteiger partial charge in [-0.25, -0.2) is 0 Å². The molecule has 1 aliphatic carbocycles. The van der Waals surface area contributed by atoms with Crippen LogP contribution in [-0.2, 0) is 4.79 Å². The summed E-state index contributed by atoms with van der Waals surface area (Å²) < 4.78 is 0. The SMILES string of the molecule is O=CC1CC=CC=C1[N+](=O)[O-]. The minimum atomic E-state index is -0.560. The summed E-state index contributed by atoms with van der Waals surface area (Å²) in [6.45, 7) is 0. The first-order valence-electron chi connectivity index (χ1n) is 3.22. The summed E-state index contributed by atoms with van der Waals surface area (Å²) in [7, 11) is 0. The van der Waals surface area contributed by atoms with Gasteiger partial charge in [0, 0.05) is 6.08 Å². The van der Waals surface area contributed by atoms with E-state index in [1.807, 2.05) is 0 Å². The van der Waals surface area contributed by atoms with Crippen LogP contribution in [0.25, 0.3) is 0 Å². The normalized spacial score (nSPS) is 22.5. The van der Waals surface area contributed by atoms with Crippen LogP contribution >= 0.6 is 0 Å². The molecule has 0 saturated heterocycles. The van der Waals surface area contributed by atoms with E-state index in [4.69, 9.17) is 0 Å². The Balaban J connectivity index is 2.86. The summed E-state index contributed by atoms with van der Waals surface area (Å²) in [6.07, 6.45) is 5.75. The molecule has 0 aliphatic heterocycles. The minimum Gasteiger partial charge on any atom is -0.302 e. The standard InChI is InChI=1S/C7H7NO3/c9-5-6-3-1-2-4-7(6)8(10)11/h1-2,4-6H,3H2. The van der Waals surface area contributed by atoms with Crippen molar-refractivity contribution in [1.29, 1.82) is 0 Å². The number of nitrogens with zero attached hydrogens (tertiary/aromatic N) is 1. The molecule has 11 heavy (non-hydrogen) atoms. The second-order valence-corrected chi connectivity index (χ2v) is 2.26. The Labute approximate surface area is 63.4 Å². The molecule has 0 aromatic heterocycles. The summed E-state index contributed by atoms with van der Waals surface area (Å²) >= 11 is 0. The number of rotatable bonds is 2. The highest BCUT2D eigenvalue weighted by molar-refractivity contribution is 5.59. The number of hydrogen-bond donors (Lipinski definition) is 0. The summed E-state index contributed by atoms with van der Waals surface area (Å²) in [5.74, 6) is -0.560. The van der Waals surface area contributed by atoms with Crippen LogP contribution in [0.5, 0.6) is 0 Å². The molecule has 58 valence electrons. The van der Waals surface area contributed by atoms with E-state index in [1.165, 1.54) is 6.08 Å². The lowest BCUT2D eigenvalue weighted by molar-refractivity contribution is -0.431. The molecule has 1 rings (SSSR count). The smallest absolute Gasteiger partial charge is 0.256 e. The maximum atomic E-state index is 10.3. The van der Waals surface area contributed by atoms with Crippen LogP contribution in [0.15, 0.2) is 23.9 Å². The molecule has 1 aliphatic rings. The predicted octanol–water partition coefficient (Wildman–Crippen LogP) is 0.922. The zero-order valence-corrected chi connectivity index (χ0v) is 5.77. The molecule has 0 aromatic rings. The molecule has 4 heteroatoms. The van der Waals surface area contributed by atoms with E-state index in [-0.39, 0.29) is 5.70 Å². The number of carbonyl (C=O) groups excluding carboxylic acids is 1. The molecule has 4 nitrogen and oxygen atoms in total. The average Bonchev–Trinajstić information content (AvgIpc) is 2.04. The van der Waals surface area contributed by atoms with Crippen molar-refractivity contribution < 1.29 is 9.72 Å². The monoisotopic (exact) mass is 153 g/mol. The molecule has 0 amide bonds. The zero-order chi connectivity index (χ0) is 8.27. The molecule has 0 N–H and O–H groups in total. The van der Waals surface area contributed by atoms with Crippen molar-refractivity contribution in [3.05, 3.63) is 34.0 Å². The van der Waals surface area contributed by atoms with Gasteiger partial charge in [-0.2, -0.15) is 0 Å². The fourth-order valence-corrected chi connectivity index (χ4v) is 0.958. The molecule has 0 fully saturated rings. The topological polar surface area (TPSA) is 60.2 Å². The van der Waals surface area contributed by atoms with Crippen molar-refractivity contribution in [2.45, 2.75) is 6.42 Å². The van der Waals surface area contributed by atoms with Gasteiger partial charge in [-0.15, -0.1) is 0 Å². The molecule has 0 saturated carbocycles. The molecule has 0 heterocycles. The van der Waals surface area contributed by atoms with Crippen LogP contribution in [-0.4, -0.2) is 11.2 Å². The van der Waals surface area contributed by atoms with Crippen LogP contribution in [0.3, 0.4) is 0 Å². The van der Waals surface area contributed by atoms with E-state index in [0.717, 1.165) is 0 Å². The van der Waals surface area contributed by atoms with Crippen molar-refractivity contribution in [3.63, 3.8) is 0 Å². The highest BCUT2D eigenvalue weighted by Gasteiger charge is 2.23. The fraction of sp³-hybridized carbons (Fsp3) is 0.286. The van der Waals surface area contributed by atoms with E-state index >= 15 is 0 Å². The average molecular weight is 153 g/mol. The quantitative estimate of drug-likeness (QED) is 0.336. The lowest BCUT2D eigenvalue weighted by Gasteiger charge is -2.06. The molecule has 0 bridgehead atoms. The lowest BCUT2D eigenvalue weighted by atomic mass is 9.99. The third-order valence-corrected chi connectivity index (χ3v) is 1.55. The van der Waals surface area contributed by atoms with Crippen LogP contribution in [0.4, 0.5) is 0 Å². The summed E-state index contributed by atoms with van der Waals surface area (Å²) in [5.41, 5.74) is -0.0116. The Hall–Kier alpha value is -1.45. The Morgan fingerprint density at radius 3 is 2.91 bits per heavy atom. The van der Waals surface area contributed by atoms with Gasteiger partial charge in [-0.05, 0) is 6.42 Å². The van der Waals surface area contributed by atoms with Gasteiger partial charge in [0.1, 0.15) is 12.2 Å². The number of allylic oxidation sites excluding steroid dienone is 4. The first kappa shape index (κ1) is 7.65. The Morgan fingerprint density at radius 2 is 2.45 bits per heavy atom. The summed E-state index contributed by atoms with van der Waals surface area (Å²) in [6, 6.07) is 0. The van der Waals surface area contributed by atoms with Crippen molar-refractivity contribution in [2.75, 3.05) is 0 Å². The predicted molar refractivity (Wildman–Crippen MR) is 38.4 cm³/mol. The van der Waals surface area contributed by atoms with Crippen LogP contribution < -0.4 is 0 Å². The van der Waals surface area contributed by atoms with Gasteiger partial charge >= 0.3 is 0 Å². The Kier molecular flexibility index (Phi) is 2.15. The van der Waals surface area contributed by atoms with E-state index < -0.39 is 10.8 Å². The molecule has 1 unspecified atom stereocenters. The maximum absolute atomic E-state index is 10.3. The van der Waals surface area contributed by atoms with Crippen LogP contribution in [0.1, 0.15) is 6.42 Å². The first-order valence-corrected chi connectivity index (χ1v) is 3.22. The van der Waals surface area contributed by atoms with E-state index in [9.17, 15) is 14.9 Å². The van der Waals surface area contributed by atoms with Crippen molar-refractivity contribution >= 4 is 6.29 Å². The van der Waals surface area contributed by atoms with Gasteiger partial charge in [0.2, 0.25) is 0 Å². The molecule has 0 aromatic carbocycles. The largest absolute Gasteiger partial charge is 0.302 e. The van der Waals surface area contributed by atoms with Crippen molar-refractivity contribution in [3.8, 4) is 0 Å². The number of carbonyl (C=O) groups is 1. The van der Waals surface area contributed by atoms with Crippen molar-refractivity contribution in [1.82, 2.24) is 0 Å². The fourth-order valence-electron chi connectivity index (χ4n) is 0.958. The first-order chi connectivity index (χ1) is 5.25. The van der Waals surface area contributed by atoms with E-state index in [2.05, 4.69) is 0 Å². The van der Waals surface area contributed by atoms with Gasteiger partial charge in [0.05, 0.1) is 4.92 Å². The highest BCUT2D eigenvalue weighted by atomic mass is 16.6. The molecule has 1 atom stereocenters. The van der Waals surface area contributed by atoms with E-state index in [0.29, 0.717) is 12.7 Å². The number of aldehydes is 1. The third-order valence-electron chi connectivity index (χ3n) is 1.55. The van der Waals surface area contributed by atoms with Crippen molar-refractivity contribution in [2.24, 2.45) is 5.92 Å². The van der Waals surface area contributed by atoms with E-state index in [1.54, 1.807) is 12.2 Å². The molecule has 0 radical (unpaired) electrons. The van der Waals surface area contributed by atoms with Gasteiger partial charge < -0.3 is 4.79 Å². The van der Waals surface area contributed by atoms with Gasteiger partial charge in [-0.3, -0.25) is 10.1 Å². The Morgan fingerprint density at radius 1 is 1.73 bits per heavy atom.